The third kappa shape index (κ3) is 3.50. The summed E-state index contributed by atoms with van der Waals surface area (Å²) in [7, 11) is 0. The van der Waals surface area contributed by atoms with Gasteiger partial charge in [-0.3, -0.25) is 0 Å². The fourth-order valence-corrected chi connectivity index (χ4v) is 0.966. The fourth-order valence-electron chi connectivity index (χ4n) is 0.966. The average Bonchev–Trinajstić information content (AvgIpc) is 2.17. The molecule has 0 aliphatic rings. The van der Waals surface area contributed by atoms with Crippen molar-refractivity contribution < 1.29 is 13.2 Å². The number of nitrogens with one attached hydrogen (secondary N) is 1. The summed E-state index contributed by atoms with van der Waals surface area (Å²) in [6, 6.07) is 1.88. The molecule has 0 saturated carbocycles. The van der Waals surface area contributed by atoms with Crippen molar-refractivity contribution in [2.24, 2.45) is 0 Å². The number of hydrogen-bond donors (Lipinski definition) is 1. The van der Waals surface area contributed by atoms with E-state index in [4.69, 9.17) is 6.42 Å². The van der Waals surface area contributed by atoms with Crippen molar-refractivity contribution in [3.63, 3.8) is 0 Å². The molecule has 2 nitrogen and oxygen atoms in total. The minimum Gasteiger partial charge on any atom is -0.369 e. The third-order valence-electron chi connectivity index (χ3n) is 1.66. The van der Waals surface area contributed by atoms with Crippen LogP contribution < -0.4 is 5.32 Å². The molecule has 1 N–H and O–H groups in total. The zero-order chi connectivity index (χ0) is 11.3. The van der Waals surface area contributed by atoms with E-state index < -0.39 is 11.7 Å². The van der Waals surface area contributed by atoms with E-state index in [9.17, 15) is 13.2 Å². The van der Waals surface area contributed by atoms with E-state index >= 15 is 0 Å². The van der Waals surface area contributed by atoms with Gasteiger partial charge in [0.15, 0.2) is 0 Å². The Morgan fingerprint density at radius 3 is 2.80 bits per heavy atom. The van der Waals surface area contributed by atoms with E-state index in [0.29, 0.717) is 13.0 Å². The van der Waals surface area contributed by atoms with E-state index in [2.05, 4.69) is 16.2 Å². The summed E-state index contributed by atoms with van der Waals surface area (Å²) in [5.74, 6) is 2.55. The number of terminal acetylenes is 1. The molecule has 0 fully saturated rings. The Hall–Kier alpha value is -1.70. The van der Waals surface area contributed by atoms with E-state index in [1.807, 2.05) is 0 Å². The van der Waals surface area contributed by atoms with Gasteiger partial charge < -0.3 is 5.32 Å². The van der Waals surface area contributed by atoms with Crippen LogP contribution in [0, 0.1) is 12.3 Å². The summed E-state index contributed by atoms with van der Waals surface area (Å²) in [4.78, 5) is 3.75. The first-order valence-electron chi connectivity index (χ1n) is 4.24. The highest BCUT2D eigenvalue weighted by atomic mass is 19.4. The van der Waals surface area contributed by atoms with Crippen molar-refractivity contribution in [2.45, 2.75) is 12.6 Å². The van der Waals surface area contributed by atoms with E-state index in [0.717, 1.165) is 18.3 Å². The zero-order valence-corrected chi connectivity index (χ0v) is 7.80. The van der Waals surface area contributed by atoms with Gasteiger partial charge in [0.25, 0.3) is 0 Å². The molecule has 80 valence electrons. The molecule has 0 aliphatic carbocycles. The van der Waals surface area contributed by atoms with Gasteiger partial charge in [0.2, 0.25) is 0 Å². The number of alkyl halides is 3. The molecule has 1 heterocycles. The maximum absolute atomic E-state index is 12.3. The largest absolute Gasteiger partial charge is 0.416 e. The summed E-state index contributed by atoms with van der Waals surface area (Å²) >= 11 is 0. The first kappa shape index (κ1) is 11.4. The van der Waals surface area contributed by atoms with Crippen molar-refractivity contribution in [3.8, 4) is 12.3 Å². The maximum Gasteiger partial charge on any atom is 0.416 e. The molecule has 15 heavy (non-hydrogen) atoms. The molecule has 0 atom stereocenters. The Kier molecular flexibility index (Phi) is 3.56. The van der Waals surface area contributed by atoms with Crippen molar-refractivity contribution in [3.05, 3.63) is 23.9 Å². The molecule has 1 aromatic heterocycles. The van der Waals surface area contributed by atoms with Gasteiger partial charge in [-0.1, -0.05) is 0 Å². The van der Waals surface area contributed by atoms with Gasteiger partial charge in [-0.2, -0.15) is 13.2 Å². The second-order valence-electron chi connectivity index (χ2n) is 2.81. The van der Waals surface area contributed by atoms with Crippen LogP contribution in [0.5, 0.6) is 0 Å². The predicted molar refractivity (Wildman–Crippen MR) is 51.2 cm³/mol. The van der Waals surface area contributed by atoms with Gasteiger partial charge >= 0.3 is 6.18 Å². The first-order chi connectivity index (χ1) is 7.04. The molecular formula is C10H9F3N2. The lowest BCUT2D eigenvalue weighted by atomic mass is 10.2. The quantitative estimate of drug-likeness (QED) is 0.617. The summed E-state index contributed by atoms with van der Waals surface area (Å²) in [5, 5.41) is 2.70. The number of anilines is 1. The smallest absolute Gasteiger partial charge is 0.369 e. The molecule has 0 spiro atoms. The van der Waals surface area contributed by atoms with Crippen LogP contribution >= 0.6 is 0 Å². The second-order valence-corrected chi connectivity index (χ2v) is 2.81. The van der Waals surface area contributed by atoms with Crippen LogP contribution in [0.3, 0.4) is 0 Å². The van der Waals surface area contributed by atoms with Crippen LogP contribution in [0.2, 0.25) is 0 Å². The van der Waals surface area contributed by atoms with Gasteiger partial charge in [0.1, 0.15) is 5.82 Å². The van der Waals surface area contributed by atoms with E-state index in [-0.39, 0.29) is 5.82 Å². The van der Waals surface area contributed by atoms with Crippen LogP contribution in [0.15, 0.2) is 18.3 Å². The van der Waals surface area contributed by atoms with E-state index in [1.165, 1.54) is 0 Å². The van der Waals surface area contributed by atoms with Crippen LogP contribution in [0.4, 0.5) is 19.0 Å². The highest BCUT2D eigenvalue weighted by Gasteiger charge is 2.30. The van der Waals surface area contributed by atoms with Gasteiger partial charge in [0, 0.05) is 19.2 Å². The Morgan fingerprint density at radius 1 is 1.47 bits per heavy atom. The number of nitrogens with zero attached hydrogens (tertiary/aromatic N) is 1. The predicted octanol–water partition coefficient (Wildman–Crippen LogP) is 2.54. The normalized spacial score (nSPS) is 10.8. The van der Waals surface area contributed by atoms with Crippen LogP contribution in [0.25, 0.3) is 0 Å². The standard InChI is InChI=1S/C10H9F3N2/c1-2-3-5-14-9-7-8(4-6-15-9)10(11,12)13/h1,4,6-7H,3,5H2,(H,14,15). The fraction of sp³-hybridized carbons (Fsp3) is 0.300. The molecule has 0 amide bonds. The van der Waals surface area contributed by atoms with E-state index in [1.54, 1.807) is 0 Å². The minimum absolute atomic E-state index is 0.181. The SMILES string of the molecule is C#CCCNc1cc(C(F)(F)F)ccn1. The molecule has 0 aromatic carbocycles. The van der Waals surface area contributed by atoms with Crippen molar-refractivity contribution >= 4 is 5.82 Å². The number of pyridine rings is 1. The molecule has 0 saturated heterocycles. The van der Waals surface area contributed by atoms with Gasteiger partial charge in [-0.05, 0) is 12.1 Å². The number of hydrogen-bond acceptors (Lipinski definition) is 2. The van der Waals surface area contributed by atoms with Crippen molar-refractivity contribution in [1.29, 1.82) is 0 Å². The molecule has 5 heteroatoms. The second kappa shape index (κ2) is 4.69. The maximum atomic E-state index is 12.3. The van der Waals surface area contributed by atoms with Crippen LogP contribution in [-0.2, 0) is 6.18 Å². The third-order valence-corrected chi connectivity index (χ3v) is 1.66. The number of halogens is 3. The zero-order valence-electron chi connectivity index (χ0n) is 7.80. The molecule has 1 rings (SSSR count). The van der Waals surface area contributed by atoms with Gasteiger partial charge in [-0.15, -0.1) is 12.3 Å². The van der Waals surface area contributed by atoms with Crippen LogP contribution in [-0.4, -0.2) is 11.5 Å². The summed E-state index contributed by atoms with van der Waals surface area (Å²) in [5.41, 5.74) is -0.722. The van der Waals surface area contributed by atoms with Gasteiger partial charge in [-0.25, -0.2) is 4.98 Å². The van der Waals surface area contributed by atoms with Crippen molar-refractivity contribution in [2.75, 3.05) is 11.9 Å². The topological polar surface area (TPSA) is 24.9 Å². The number of aromatic nitrogens is 1. The molecule has 0 unspecified atom stereocenters. The Balaban J connectivity index is 2.71. The highest BCUT2D eigenvalue weighted by molar-refractivity contribution is 5.38. The van der Waals surface area contributed by atoms with Crippen LogP contribution in [0.1, 0.15) is 12.0 Å². The Bertz CT molecular complexity index is 366. The first-order valence-corrected chi connectivity index (χ1v) is 4.24. The molecule has 0 radical (unpaired) electrons. The monoisotopic (exact) mass is 214 g/mol. The number of rotatable bonds is 3. The summed E-state index contributed by atoms with van der Waals surface area (Å²) in [6.45, 7) is 0.408. The Labute approximate surface area is 85.5 Å². The summed E-state index contributed by atoms with van der Waals surface area (Å²) < 4.78 is 36.8. The van der Waals surface area contributed by atoms with Gasteiger partial charge in [0.05, 0.1) is 5.56 Å². The molecule has 0 aliphatic heterocycles. The lowest BCUT2D eigenvalue weighted by Gasteiger charge is -2.08. The van der Waals surface area contributed by atoms with Crippen molar-refractivity contribution in [1.82, 2.24) is 4.98 Å². The minimum atomic E-state index is -4.34. The summed E-state index contributed by atoms with van der Waals surface area (Å²) in [6.07, 6.45) is 2.21. The average molecular weight is 214 g/mol. The molecule has 0 bridgehead atoms. The molecular weight excluding hydrogens is 205 g/mol. The molecule has 1 aromatic rings. The lowest BCUT2D eigenvalue weighted by Crippen LogP contribution is -2.08. The highest BCUT2D eigenvalue weighted by Crippen LogP contribution is 2.29. The Morgan fingerprint density at radius 2 is 2.20 bits per heavy atom. The lowest BCUT2D eigenvalue weighted by molar-refractivity contribution is -0.137.